The summed E-state index contributed by atoms with van der Waals surface area (Å²) in [5.74, 6) is -0.802. The van der Waals surface area contributed by atoms with E-state index in [2.05, 4.69) is 16.8 Å². The molecule has 0 aliphatic carbocycles. The van der Waals surface area contributed by atoms with E-state index >= 15 is 0 Å². The summed E-state index contributed by atoms with van der Waals surface area (Å²) in [5, 5.41) is 9.45. The van der Waals surface area contributed by atoms with E-state index in [1.165, 1.54) is 0 Å². The van der Waals surface area contributed by atoms with E-state index in [9.17, 15) is 9.90 Å². The van der Waals surface area contributed by atoms with Gasteiger partial charge in [-0.1, -0.05) is 6.92 Å². The smallest absolute Gasteiger partial charge is 0.327 e. The first-order chi connectivity index (χ1) is 8.63. The zero-order chi connectivity index (χ0) is 13.1. The molecule has 0 radical (unpaired) electrons. The number of hydrogen-bond donors (Lipinski definition) is 1. The van der Waals surface area contributed by atoms with Crippen molar-refractivity contribution in [1.29, 1.82) is 0 Å². The van der Waals surface area contributed by atoms with Crippen LogP contribution in [-0.4, -0.2) is 63.2 Å². The molecule has 100 valence electrons. The second-order valence-corrected chi connectivity index (χ2v) is 4.64. The Morgan fingerprint density at radius 3 is 2.56 bits per heavy atom. The lowest BCUT2D eigenvalue weighted by atomic mass is 10.1. The van der Waals surface area contributed by atoms with E-state index in [1.54, 1.807) is 17.1 Å². The number of carbonyl (C=O) groups is 1. The lowest BCUT2D eigenvalue weighted by Gasteiger charge is -2.37. The van der Waals surface area contributed by atoms with Gasteiger partial charge in [-0.15, -0.1) is 0 Å². The molecule has 1 aromatic rings. The molecule has 2 rings (SSSR count). The van der Waals surface area contributed by atoms with Gasteiger partial charge in [-0.3, -0.25) is 9.69 Å². The van der Waals surface area contributed by atoms with Crippen molar-refractivity contribution in [3.63, 3.8) is 0 Å². The van der Waals surface area contributed by atoms with Crippen molar-refractivity contribution in [2.24, 2.45) is 7.05 Å². The SMILES string of the molecule is CCN1CCN(C(C(=O)O)c2cncn2C)CC1. The van der Waals surface area contributed by atoms with Gasteiger partial charge in [0.25, 0.3) is 0 Å². The minimum atomic E-state index is -0.802. The van der Waals surface area contributed by atoms with Gasteiger partial charge < -0.3 is 14.6 Å². The Morgan fingerprint density at radius 2 is 2.11 bits per heavy atom. The van der Waals surface area contributed by atoms with Gasteiger partial charge in [0.15, 0.2) is 6.04 Å². The highest BCUT2D eigenvalue weighted by Gasteiger charge is 2.31. The summed E-state index contributed by atoms with van der Waals surface area (Å²) in [7, 11) is 1.83. The molecule has 1 atom stereocenters. The third-order valence-corrected chi connectivity index (χ3v) is 3.59. The molecule has 1 N–H and O–H groups in total. The average molecular weight is 252 g/mol. The summed E-state index contributed by atoms with van der Waals surface area (Å²) >= 11 is 0. The van der Waals surface area contributed by atoms with E-state index in [1.807, 2.05) is 11.9 Å². The quantitative estimate of drug-likeness (QED) is 0.828. The van der Waals surface area contributed by atoms with Crippen LogP contribution in [0.2, 0.25) is 0 Å². The largest absolute Gasteiger partial charge is 0.480 e. The second-order valence-electron chi connectivity index (χ2n) is 4.64. The monoisotopic (exact) mass is 252 g/mol. The Kier molecular flexibility index (Phi) is 3.98. The van der Waals surface area contributed by atoms with E-state index in [4.69, 9.17) is 0 Å². The molecular formula is C12H20N4O2. The van der Waals surface area contributed by atoms with Gasteiger partial charge in [0.1, 0.15) is 0 Å². The van der Waals surface area contributed by atoms with Gasteiger partial charge in [-0.2, -0.15) is 0 Å². The zero-order valence-electron chi connectivity index (χ0n) is 10.9. The number of likely N-dealkylation sites (N-methyl/N-ethyl adjacent to an activating group) is 1. The van der Waals surface area contributed by atoms with Crippen LogP contribution in [0.15, 0.2) is 12.5 Å². The van der Waals surface area contributed by atoms with Crippen LogP contribution in [0.5, 0.6) is 0 Å². The minimum Gasteiger partial charge on any atom is -0.480 e. The number of carboxylic acid groups (broad SMARTS) is 1. The molecular weight excluding hydrogens is 232 g/mol. The van der Waals surface area contributed by atoms with Gasteiger partial charge in [-0.25, -0.2) is 4.98 Å². The van der Waals surface area contributed by atoms with Crippen LogP contribution < -0.4 is 0 Å². The number of carboxylic acids is 1. The molecule has 18 heavy (non-hydrogen) atoms. The van der Waals surface area contributed by atoms with Crippen LogP contribution in [0.3, 0.4) is 0 Å². The Bertz CT molecular complexity index is 410. The number of aromatic nitrogens is 2. The molecule has 1 unspecified atom stereocenters. The first-order valence-electron chi connectivity index (χ1n) is 6.29. The van der Waals surface area contributed by atoms with Gasteiger partial charge in [0, 0.05) is 33.2 Å². The predicted molar refractivity (Wildman–Crippen MR) is 67.3 cm³/mol. The molecule has 1 aromatic heterocycles. The molecule has 1 saturated heterocycles. The molecule has 0 aromatic carbocycles. The predicted octanol–water partition coefficient (Wildman–Crippen LogP) is 0.183. The number of imidazole rings is 1. The van der Waals surface area contributed by atoms with Crippen molar-refractivity contribution in [3.05, 3.63) is 18.2 Å². The van der Waals surface area contributed by atoms with Crippen LogP contribution in [0, 0.1) is 0 Å². The van der Waals surface area contributed by atoms with Crippen molar-refractivity contribution < 1.29 is 9.90 Å². The molecule has 0 amide bonds. The molecule has 6 heteroatoms. The Morgan fingerprint density at radius 1 is 1.44 bits per heavy atom. The number of piperazine rings is 1. The highest BCUT2D eigenvalue weighted by atomic mass is 16.4. The van der Waals surface area contributed by atoms with Crippen LogP contribution in [-0.2, 0) is 11.8 Å². The maximum absolute atomic E-state index is 11.5. The fourth-order valence-electron chi connectivity index (χ4n) is 2.44. The number of aliphatic carboxylic acids is 1. The average Bonchev–Trinajstić information content (AvgIpc) is 2.76. The highest BCUT2D eigenvalue weighted by Crippen LogP contribution is 2.21. The van der Waals surface area contributed by atoms with Crippen molar-refractivity contribution in [2.75, 3.05) is 32.7 Å². The van der Waals surface area contributed by atoms with Crippen molar-refractivity contribution in [2.45, 2.75) is 13.0 Å². The summed E-state index contributed by atoms with van der Waals surface area (Å²) in [5.41, 5.74) is 0.743. The molecule has 0 bridgehead atoms. The normalized spacial score (nSPS) is 19.9. The Balaban J connectivity index is 2.13. The number of nitrogens with zero attached hydrogens (tertiary/aromatic N) is 4. The Hall–Kier alpha value is -1.40. The van der Waals surface area contributed by atoms with Crippen LogP contribution in [0.25, 0.3) is 0 Å². The summed E-state index contributed by atoms with van der Waals surface area (Å²) in [6.07, 6.45) is 3.29. The maximum Gasteiger partial charge on any atom is 0.327 e. The third-order valence-electron chi connectivity index (χ3n) is 3.59. The molecule has 6 nitrogen and oxygen atoms in total. The Labute approximate surface area is 107 Å². The molecule has 1 aliphatic heterocycles. The van der Waals surface area contributed by atoms with E-state index in [0.29, 0.717) is 0 Å². The second kappa shape index (κ2) is 5.49. The van der Waals surface area contributed by atoms with E-state index in [0.717, 1.165) is 38.4 Å². The summed E-state index contributed by atoms with van der Waals surface area (Å²) in [4.78, 5) is 19.9. The number of hydrogen-bond acceptors (Lipinski definition) is 4. The van der Waals surface area contributed by atoms with E-state index in [-0.39, 0.29) is 0 Å². The molecule has 0 saturated carbocycles. The first-order valence-corrected chi connectivity index (χ1v) is 6.29. The first kappa shape index (κ1) is 13.0. The number of rotatable bonds is 4. The lowest BCUT2D eigenvalue weighted by molar-refractivity contribution is -0.144. The fraction of sp³-hybridized carbons (Fsp3) is 0.667. The van der Waals surface area contributed by atoms with Gasteiger partial charge >= 0.3 is 5.97 Å². The van der Waals surface area contributed by atoms with Gasteiger partial charge in [-0.05, 0) is 6.54 Å². The molecule has 1 fully saturated rings. The van der Waals surface area contributed by atoms with E-state index < -0.39 is 12.0 Å². The summed E-state index contributed by atoms with van der Waals surface area (Å²) in [6, 6.07) is -0.587. The fourth-order valence-corrected chi connectivity index (χ4v) is 2.44. The zero-order valence-corrected chi connectivity index (χ0v) is 10.9. The van der Waals surface area contributed by atoms with Gasteiger partial charge in [0.05, 0.1) is 18.2 Å². The molecule has 0 spiro atoms. The standard InChI is InChI=1S/C12H20N4O2/c1-3-15-4-6-16(7-5-15)11(12(17)18)10-8-13-9-14(10)2/h8-9,11H,3-7H2,1-2H3,(H,17,18). The molecule has 2 heterocycles. The van der Waals surface area contributed by atoms with Gasteiger partial charge in [0.2, 0.25) is 0 Å². The van der Waals surface area contributed by atoms with Crippen molar-refractivity contribution in [3.8, 4) is 0 Å². The topological polar surface area (TPSA) is 61.6 Å². The summed E-state index contributed by atoms with van der Waals surface area (Å²) < 4.78 is 1.78. The maximum atomic E-state index is 11.5. The minimum absolute atomic E-state index is 0.587. The third kappa shape index (κ3) is 2.54. The van der Waals surface area contributed by atoms with Crippen LogP contribution in [0.4, 0.5) is 0 Å². The summed E-state index contributed by atoms with van der Waals surface area (Å²) in [6.45, 7) is 6.59. The highest BCUT2D eigenvalue weighted by molar-refractivity contribution is 5.74. The molecule has 1 aliphatic rings. The van der Waals surface area contributed by atoms with Crippen LogP contribution in [0.1, 0.15) is 18.7 Å². The van der Waals surface area contributed by atoms with Crippen molar-refractivity contribution >= 4 is 5.97 Å². The lowest BCUT2D eigenvalue weighted by Crippen LogP contribution is -2.49. The van der Waals surface area contributed by atoms with Crippen molar-refractivity contribution in [1.82, 2.24) is 19.4 Å². The number of aryl methyl sites for hydroxylation is 1. The van der Waals surface area contributed by atoms with Crippen LogP contribution >= 0.6 is 0 Å².